The zero-order valence-corrected chi connectivity index (χ0v) is 14.6. The van der Waals surface area contributed by atoms with Crippen LogP contribution in [0.4, 0.5) is 10.1 Å². The summed E-state index contributed by atoms with van der Waals surface area (Å²) >= 11 is 1.35. The summed E-state index contributed by atoms with van der Waals surface area (Å²) in [5, 5.41) is 0. The molecule has 0 bridgehead atoms. The Morgan fingerprint density at radius 2 is 1.92 bits per heavy atom. The molecule has 134 valence electrons. The fourth-order valence-corrected chi connectivity index (χ4v) is 4.64. The maximum atomic E-state index is 13.5. The molecule has 4 rings (SSSR count). The first-order valence-corrected chi connectivity index (χ1v) is 9.09. The third kappa shape index (κ3) is 2.72. The SMILES string of the molecule is O=C1CC[C@@]2(C(=O)OCCOc3ccccc3F)Sc3ccccc3N12. The van der Waals surface area contributed by atoms with Gasteiger partial charge in [-0.3, -0.25) is 9.69 Å². The molecule has 5 nitrogen and oxygen atoms in total. The molecule has 0 unspecified atom stereocenters. The topological polar surface area (TPSA) is 55.8 Å². The molecule has 2 aliphatic rings. The van der Waals surface area contributed by atoms with Crippen molar-refractivity contribution in [3.8, 4) is 5.75 Å². The fraction of sp³-hybridized carbons (Fsp3) is 0.263. The number of carbonyl (C=O) groups is 2. The number of nitrogens with zero attached hydrogens (tertiary/aromatic N) is 1. The maximum Gasteiger partial charge on any atom is 0.343 e. The second-order valence-electron chi connectivity index (χ2n) is 6.00. The van der Waals surface area contributed by atoms with Crippen molar-refractivity contribution in [2.24, 2.45) is 0 Å². The van der Waals surface area contributed by atoms with Gasteiger partial charge >= 0.3 is 5.97 Å². The number of esters is 1. The van der Waals surface area contributed by atoms with Crippen molar-refractivity contribution in [2.75, 3.05) is 18.1 Å². The average Bonchev–Trinajstić information content (AvgIpc) is 3.16. The van der Waals surface area contributed by atoms with Crippen LogP contribution in [0.5, 0.6) is 5.75 Å². The molecule has 2 aromatic carbocycles. The molecule has 2 heterocycles. The summed E-state index contributed by atoms with van der Waals surface area (Å²) in [6, 6.07) is 13.5. The molecular formula is C19H16FNO4S. The molecule has 1 fully saturated rings. The molecule has 7 heteroatoms. The lowest BCUT2D eigenvalue weighted by Gasteiger charge is -2.28. The van der Waals surface area contributed by atoms with Gasteiger partial charge in [0.2, 0.25) is 5.91 Å². The molecule has 2 aromatic rings. The van der Waals surface area contributed by atoms with E-state index in [1.54, 1.807) is 17.0 Å². The summed E-state index contributed by atoms with van der Waals surface area (Å²) < 4.78 is 24.2. The van der Waals surface area contributed by atoms with Crippen molar-refractivity contribution >= 4 is 29.3 Å². The van der Waals surface area contributed by atoms with E-state index in [4.69, 9.17) is 9.47 Å². The molecule has 0 radical (unpaired) electrons. The van der Waals surface area contributed by atoms with E-state index in [0.717, 1.165) is 10.6 Å². The molecule has 0 aliphatic carbocycles. The second-order valence-corrected chi connectivity index (χ2v) is 7.32. The molecule has 0 aromatic heterocycles. The standard InChI is InChI=1S/C19H16FNO4S/c20-13-5-1-3-7-15(13)24-11-12-25-18(23)19-10-9-17(22)21(19)14-6-2-4-8-16(14)26-19/h1-8H,9-12H2/t19-/m0/s1. The van der Waals surface area contributed by atoms with Crippen LogP contribution >= 0.6 is 11.8 Å². The van der Waals surface area contributed by atoms with Gasteiger partial charge in [-0.25, -0.2) is 9.18 Å². The van der Waals surface area contributed by atoms with Crippen LogP contribution in [-0.4, -0.2) is 30.0 Å². The Morgan fingerprint density at radius 1 is 1.15 bits per heavy atom. The lowest BCUT2D eigenvalue weighted by atomic mass is 10.2. The Kier molecular flexibility index (Phi) is 4.32. The fourth-order valence-electron chi connectivity index (χ4n) is 3.23. The van der Waals surface area contributed by atoms with Crippen LogP contribution in [0.3, 0.4) is 0 Å². The normalized spacial score (nSPS) is 20.7. The monoisotopic (exact) mass is 373 g/mol. The highest BCUT2D eigenvalue weighted by Crippen LogP contribution is 2.56. The summed E-state index contributed by atoms with van der Waals surface area (Å²) in [6.07, 6.45) is 0.709. The lowest BCUT2D eigenvalue weighted by Crippen LogP contribution is -2.48. The minimum Gasteiger partial charge on any atom is -0.487 e. The van der Waals surface area contributed by atoms with Crippen LogP contribution in [0.1, 0.15) is 12.8 Å². The molecular weight excluding hydrogens is 357 g/mol. The Balaban J connectivity index is 1.42. The highest BCUT2D eigenvalue weighted by molar-refractivity contribution is 8.02. The van der Waals surface area contributed by atoms with Crippen LogP contribution in [0.25, 0.3) is 0 Å². The zero-order chi connectivity index (χ0) is 18.1. The van der Waals surface area contributed by atoms with Crippen molar-refractivity contribution in [3.63, 3.8) is 0 Å². The highest BCUT2D eigenvalue weighted by Gasteiger charge is 2.58. The highest BCUT2D eigenvalue weighted by atomic mass is 32.2. The first-order valence-electron chi connectivity index (χ1n) is 8.27. The Labute approximate surface area is 154 Å². The second kappa shape index (κ2) is 6.64. The molecule has 1 saturated heterocycles. The third-order valence-corrected chi connectivity index (χ3v) is 5.86. The van der Waals surface area contributed by atoms with Crippen LogP contribution in [-0.2, 0) is 14.3 Å². The predicted molar refractivity (Wildman–Crippen MR) is 94.6 cm³/mol. The van der Waals surface area contributed by atoms with Crippen LogP contribution in [0, 0.1) is 5.82 Å². The summed E-state index contributed by atoms with van der Waals surface area (Å²) in [5.41, 5.74) is 0.750. The largest absolute Gasteiger partial charge is 0.487 e. The van der Waals surface area contributed by atoms with Crippen molar-refractivity contribution in [3.05, 3.63) is 54.3 Å². The van der Waals surface area contributed by atoms with Crippen molar-refractivity contribution < 1.29 is 23.5 Å². The van der Waals surface area contributed by atoms with Gasteiger partial charge in [0.05, 0.1) is 5.69 Å². The lowest BCUT2D eigenvalue weighted by molar-refractivity contribution is -0.147. The first-order chi connectivity index (χ1) is 12.6. The molecule has 2 aliphatic heterocycles. The number of halogens is 1. The van der Waals surface area contributed by atoms with Gasteiger partial charge in [0.1, 0.15) is 13.2 Å². The number of hydrogen-bond donors (Lipinski definition) is 0. The number of anilines is 1. The molecule has 0 N–H and O–H groups in total. The minimum atomic E-state index is -1.04. The number of carbonyl (C=O) groups excluding carboxylic acids is 2. The van der Waals surface area contributed by atoms with E-state index in [0.29, 0.717) is 12.8 Å². The van der Waals surface area contributed by atoms with E-state index in [1.807, 2.05) is 24.3 Å². The molecule has 0 spiro atoms. The van der Waals surface area contributed by atoms with Gasteiger partial charge in [-0.1, -0.05) is 36.0 Å². The van der Waals surface area contributed by atoms with E-state index in [2.05, 4.69) is 0 Å². The predicted octanol–water partition coefficient (Wildman–Crippen LogP) is 3.38. The van der Waals surface area contributed by atoms with Crippen molar-refractivity contribution in [2.45, 2.75) is 22.6 Å². The van der Waals surface area contributed by atoms with E-state index in [1.165, 1.54) is 23.9 Å². The van der Waals surface area contributed by atoms with Gasteiger partial charge in [-0.15, -0.1) is 0 Å². The van der Waals surface area contributed by atoms with Gasteiger partial charge in [0, 0.05) is 17.7 Å². The third-order valence-electron chi connectivity index (χ3n) is 4.40. The van der Waals surface area contributed by atoms with Gasteiger partial charge in [0.15, 0.2) is 16.4 Å². The number of para-hydroxylation sites is 2. The number of ether oxygens (including phenoxy) is 2. The van der Waals surface area contributed by atoms with Gasteiger partial charge in [-0.05, 0) is 24.3 Å². The number of benzene rings is 2. The smallest absolute Gasteiger partial charge is 0.343 e. The van der Waals surface area contributed by atoms with E-state index in [9.17, 15) is 14.0 Å². The van der Waals surface area contributed by atoms with Crippen molar-refractivity contribution in [1.29, 1.82) is 0 Å². The summed E-state index contributed by atoms with van der Waals surface area (Å²) in [6.45, 7) is 0.0160. The maximum absolute atomic E-state index is 13.5. The number of fused-ring (bicyclic) bond motifs is 3. The molecule has 26 heavy (non-hydrogen) atoms. The summed E-state index contributed by atoms with van der Waals surface area (Å²) in [5.74, 6) is -0.905. The Hall–Kier alpha value is -2.54. The first kappa shape index (κ1) is 16.9. The summed E-state index contributed by atoms with van der Waals surface area (Å²) in [7, 11) is 0. The number of rotatable bonds is 5. The number of thioether (sulfide) groups is 1. The number of amides is 1. The van der Waals surface area contributed by atoms with Crippen molar-refractivity contribution in [1.82, 2.24) is 0 Å². The van der Waals surface area contributed by atoms with Crippen LogP contribution in [0.2, 0.25) is 0 Å². The van der Waals surface area contributed by atoms with Crippen LogP contribution < -0.4 is 9.64 Å². The minimum absolute atomic E-state index is 0.0200. The Bertz CT molecular complexity index is 874. The van der Waals surface area contributed by atoms with Gasteiger partial charge in [-0.2, -0.15) is 0 Å². The van der Waals surface area contributed by atoms with Crippen LogP contribution in [0.15, 0.2) is 53.4 Å². The van der Waals surface area contributed by atoms with Gasteiger partial charge < -0.3 is 9.47 Å². The summed E-state index contributed by atoms with van der Waals surface area (Å²) in [4.78, 5) is 26.5. The van der Waals surface area contributed by atoms with Gasteiger partial charge in [0.25, 0.3) is 0 Å². The van der Waals surface area contributed by atoms with E-state index >= 15 is 0 Å². The molecule has 1 amide bonds. The van der Waals surface area contributed by atoms with E-state index in [-0.39, 0.29) is 24.9 Å². The quantitative estimate of drug-likeness (QED) is 0.594. The Morgan fingerprint density at radius 3 is 2.77 bits per heavy atom. The average molecular weight is 373 g/mol. The zero-order valence-electron chi connectivity index (χ0n) is 13.8. The molecule has 1 atom stereocenters. The molecule has 0 saturated carbocycles. The van der Waals surface area contributed by atoms with E-state index < -0.39 is 16.7 Å². The number of hydrogen-bond acceptors (Lipinski definition) is 5.